The predicted octanol–water partition coefficient (Wildman–Crippen LogP) is 1.18. The number of nitrogens with zero attached hydrogens (tertiary/aromatic N) is 1. The third kappa shape index (κ3) is 2.54. The second-order valence-corrected chi connectivity index (χ2v) is 4.52. The zero-order valence-corrected chi connectivity index (χ0v) is 9.17. The molecule has 0 aliphatic heterocycles. The molecular formula is C10H14N2O2S. The highest BCUT2D eigenvalue weighted by molar-refractivity contribution is 7.07. The first kappa shape index (κ1) is 10.6. The Kier molecular flexibility index (Phi) is 3.33. The average Bonchev–Trinajstić information content (AvgIpc) is 2.74. The maximum absolute atomic E-state index is 11.6. The van der Waals surface area contributed by atoms with Crippen molar-refractivity contribution in [1.29, 1.82) is 0 Å². The van der Waals surface area contributed by atoms with Crippen LogP contribution in [0.15, 0.2) is 10.9 Å². The summed E-state index contributed by atoms with van der Waals surface area (Å²) in [5.74, 6) is -0.179. The van der Waals surface area contributed by atoms with Crippen LogP contribution in [0.4, 0.5) is 0 Å². The minimum absolute atomic E-state index is 0.104. The van der Waals surface area contributed by atoms with Gasteiger partial charge in [0.25, 0.3) is 5.91 Å². The Bertz CT molecular complexity index is 326. The van der Waals surface area contributed by atoms with Crippen molar-refractivity contribution in [1.82, 2.24) is 10.3 Å². The molecule has 1 aromatic rings. The molecule has 0 aromatic carbocycles. The molecule has 2 rings (SSSR count). The number of hydrogen-bond donors (Lipinski definition) is 2. The molecule has 1 amide bonds. The quantitative estimate of drug-likeness (QED) is 0.796. The normalized spacial score (nSPS) is 26.2. The van der Waals surface area contributed by atoms with E-state index in [4.69, 9.17) is 0 Å². The monoisotopic (exact) mass is 226 g/mol. The molecule has 0 bridgehead atoms. The van der Waals surface area contributed by atoms with Crippen LogP contribution in [0, 0.1) is 0 Å². The fraction of sp³-hybridized carbons (Fsp3) is 0.600. The van der Waals surface area contributed by atoms with Gasteiger partial charge in [-0.2, -0.15) is 0 Å². The maximum atomic E-state index is 11.6. The van der Waals surface area contributed by atoms with Gasteiger partial charge in [-0.15, -0.1) is 11.3 Å². The lowest BCUT2D eigenvalue weighted by atomic mass is 9.92. The third-order valence-electron chi connectivity index (χ3n) is 2.71. The van der Waals surface area contributed by atoms with Gasteiger partial charge in [-0.1, -0.05) is 12.8 Å². The van der Waals surface area contributed by atoms with E-state index in [0.29, 0.717) is 5.69 Å². The summed E-state index contributed by atoms with van der Waals surface area (Å²) in [5.41, 5.74) is 2.07. The van der Waals surface area contributed by atoms with E-state index in [1.165, 1.54) is 11.3 Å². The molecule has 1 aliphatic rings. The first-order chi connectivity index (χ1) is 7.27. The highest BCUT2D eigenvalue weighted by Crippen LogP contribution is 2.18. The Hall–Kier alpha value is -0.940. The van der Waals surface area contributed by atoms with Crippen LogP contribution >= 0.6 is 11.3 Å². The van der Waals surface area contributed by atoms with Gasteiger partial charge >= 0.3 is 0 Å². The van der Waals surface area contributed by atoms with E-state index in [2.05, 4.69) is 10.3 Å². The van der Waals surface area contributed by atoms with Crippen LogP contribution in [-0.4, -0.2) is 28.1 Å². The van der Waals surface area contributed by atoms with E-state index >= 15 is 0 Å². The number of thiazole rings is 1. The molecule has 0 spiro atoms. The van der Waals surface area contributed by atoms with E-state index in [0.717, 1.165) is 25.7 Å². The van der Waals surface area contributed by atoms with Crippen molar-refractivity contribution in [3.05, 3.63) is 16.6 Å². The fourth-order valence-corrected chi connectivity index (χ4v) is 2.38. The molecule has 1 heterocycles. The largest absolute Gasteiger partial charge is 0.391 e. The van der Waals surface area contributed by atoms with Crippen molar-refractivity contribution in [2.75, 3.05) is 0 Å². The molecule has 2 N–H and O–H groups in total. The lowest BCUT2D eigenvalue weighted by Crippen LogP contribution is -2.45. The van der Waals surface area contributed by atoms with Crippen molar-refractivity contribution in [3.63, 3.8) is 0 Å². The molecule has 15 heavy (non-hydrogen) atoms. The maximum Gasteiger partial charge on any atom is 0.271 e. The van der Waals surface area contributed by atoms with E-state index in [1.54, 1.807) is 10.9 Å². The first-order valence-corrected chi connectivity index (χ1v) is 6.09. The van der Waals surface area contributed by atoms with E-state index < -0.39 is 6.10 Å². The van der Waals surface area contributed by atoms with Crippen LogP contribution in [0.5, 0.6) is 0 Å². The van der Waals surface area contributed by atoms with E-state index in [9.17, 15) is 9.90 Å². The van der Waals surface area contributed by atoms with Crippen molar-refractivity contribution in [3.8, 4) is 0 Å². The average molecular weight is 226 g/mol. The number of aromatic nitrogens is 1. The van der Waals surface area contributed by atoms with Crippen LogP contribution in [0.2, 0.25) is 0 Å². The Morgan fingerprint density at radius 2 is 2.33 bits per heavy atom. The smallest absolute Gasteiger partial charge is 0.271 e. The molecule has 2 atom stereocenters. The number of aliphatic hydroxyl groups is 1. The minimum atomic E-state index is -0.402. The third-order valence-corrected chi connectivity index (χ3v) is 3.30. The summed E-state index contributed by atoms with van der Waals surface area (Å²) in [6, 6.07) is -0.104. The molecule has 4 nitrogen and oxygen atoms in total. The minimum Gasteiger partial charge on any atom is -0.391 e. The molecular weight excluding hydrogens is 212 g/mol. The van der Waals surface area contributed by atoms with Crippen LogP contribution in [-0.2, 0) is 0 Å². The molecule has 82 valence electrons. The van der Waals surface area contributed by atoms with Crippen LogP contribution in [0.1, 0.15) is 36.2 Å². The van der Waals surface area contributed by atoms with Gasteiger partial charge in [0.2, 0.25) is 0 Å². The number of nitrogens with one attached hydrogen (secondary N) is 1. The van der Waals surface area contributed by atoms with Gasteiger partial charge in [-0.3, -0.25) is 4.79 Å². The Balaban J connectivity index is 1.93. The molecule has 0 saturated heterocycles. The Morgan fingerprint density at radius 3 is 3.00 bits per heavy atom. The summed E-state index contributed by atoms with van der Waals surface area (Å²) in [4.78, 5) is 15.6. The second kappa shape index (κ2) is 4.72. The Morgan fingerprint density at radius 1 is 1.53 bits per heavy atom. The van der Waals surface area contributed by atoms with Gasteiger partial charge in [0.15, 0.2) is 0 Å². The number of carbonyl (C=O) groups is 1. The van der Waals surface area contributed by atoms with Gasteiger partial charge in [0.05, 0.1) is 17.7 Å². The molecule has 5 heteroatoms. The SMILES string of the molecule is O=C(N[C@@H]1CCCC[C@H]1O)c1cscn1. The van der Waals surface area contributed by atoms with Crippen molar-refractivity contribution in [2.24, 2.45) is 0 Å². The van der Waals surface area contributed by atoms with Gasteiger partial charge in [-0.05, 0) is 12.8 Å². The summed E-state index contributed by atoms with van der Waals surface area (Å²) in [6.07, 6.45) is 3.35. The number of aliphatic hydroxyl groups excluding tert-OH is 1. The van der Waals surface area contributed by atoms with Crippen molar-refractivity contribution in [2.45, 2.75) is 37.8 Å². The zero-order valence-electron chi connectivity index (χ0n) is 8.35. The highest BCUT2D eigenvalue weighted by Gasteiger charge is 2.25. The van der Waals surface area contributed by atoms with E-state index in [1.807, 2.05) is 0 Å². The second-order valence-electron chi connectivity index (χ2n) is 3.81. The summed E-state index contributed by atoms with van der Waals surface area (Å²) >= 11 is 1.40. The highest BCUT2D eigenvalue weighted by atomic mass is 32.1. The van der Waals surface area contributed by atoms with Crippen LogP contribution in [0.25, 0.3) is 0 Å². The van der Waals surface area contributed by atoms with Gasteiger partial charge < -0.3 is 10.4 Å². The zero-order chi connectivity index (χ0) is 10.7. The first-order valence-electron chi connectivity index (χ1n) is 5.14. The standard InChI is InChI=1S/C10H14N2O2S/c13-9-4-2-1-3-7(9)12-10(14)8-5-15-6-11-8/h5-7,9,13H,1-4H2,(H,12,14)/t7-,9-/m1/s1. The van der Waals surface area contributed by atoms with Crippen molar-refractivity contribution < 1.29 is 9.90 Å². The predicted molar refractivity (Wildman–Crippen MR) is 57.8 cm³/mol. The Labute approximate surface area is 92.3 Å². The topological polar surface area (TPSA) is 62.2 Å². The molecule has 1 aliphatic carbocycles. The summed E-state index contributed by atoms with van der Waals surface area (Å²) in [6.45, 7) is 0. The number of hydrogen-bond acceptors (Lipinski definition) is 4. The van der Waals surface area contributed by atoms with E-state index in [-0.39, 0.29) is 11.9 Å². The fourth-order valence-electron chi connectivity index (χ4n) is 1.85. The molecule has 1 saturated carbocycles. The number of rotatable bonds is 2. The number of carbonyl (C=O) groups excluding carboxylic acids is 1. The van der Waals surface area contributed by atoms with Crippen molar-refractivity contribution >= 4 is 17.2 Å². The van der Waals surface area contributed by atoms with Gasteiger partial charge in [0, 0.05) is 5.38 Å². The molecule has 1 fully saturated rings. The molecule has 0 radical (unpaired) electrons. The van der Waals surface area contributed by atoms with Gasteiger partial charge in [0.1, 0.15) is 5.69 Å². The summed E-state index contributed by atoms with van der Waals surface area (Å²) in [7, 11) is 0. The summed E-state index contributed by atoms with van der Waals surface area (Å²) in [5, 5.41) is 14.2. The van der Waals surface area contributed by atoms with Crippen LogP contribution in [0.3, 0.4) is 0 Å². The van der Waals surface area contributed by atoms with Crippen LogP contribution < -0.4 is 5.32 Å². The molecule has 1 aromatic heterocycles. The number of amides is 1. The summed E-state index contributed by atoms with van der Waals surface area (Å²) < 4.78 is 0. The lowest BCUT2D eigenvalue weighted by molar-refractivity contribution is 0.0714. The lowest BCUT2D eigenvalue weighted by Gasteiger charge is -2.27. The molecule has 0 unspecified atom stereocenters. The van der Waals surface area contributed by atoms with Gasteiger partial charge in [-0.25, -0.2) is 4.98 Å².